The number of likely N-dealkylation sites (tertiary alicyclic amines) is 2. The fraction of sp³-hybridized carbons (Fsp3) is 0.955. The molecular weight excluding hydrogens is 409 g/mol. The molecule has 3 rings (SSSR count). The molecule has 9 heteroatoms. The summed E-state index contributed by atoms with van der Waals surface area (Å²) in [5.74, 6) is 0.0534. The first-order valence-corrected chi connectivity index (χ1v) is 11.7. The number of piperidine rings is 1. The molecule has 180 valence electrons. The zero-order valence-corrected chi connectivity index (χ0v) is 19.4. The maximum absolute atomic E-state index is 13.1. The average molecular weight is 449 g/mol. The van der Waals surface area contributed by atoms with Crippen molar-refractivity contribution in [3.05, 3.63) is 0 Å². The van der Waals surface area contributed by atoms with Crippen molar-refractivity contribution in [3.63, 3.8) is 0 Å². The number of nitrogens with one attached hydrogen (secondary N) is 1. The Morgan fingerprint density at radius 2 is 1.65 bits per heavy atom. The van der Waals surface area contributed by atoms with Gasteiger partial charge in [0.25, 0.3) is 0 Å². The highest BCUT2D eigenvalue weighted by molar-refractivity contribution is 5.82. The Morgan fingerprint density at radius 1 is 1.03 bits per heavy atom. The summed E-state index contributed by atoms with van der Waals surface area (Å²) in [5.41, 5.74) is -0.172. The van der Waals surface area contributed by atoms with Gasteiger partial charge in [0.1, 0.15) is 0 Å². The van der Waals surface area contributed by atoms with Gasteiger partial charge in [-0.15, -0.1) is 0 Å². The standard InChI is InChI=1S/C22H39F3N4O2/c1-16-12-28(13-17(2)31-16)21(3,4)14-26-20(30)19-6-5-9-29(19)18-7-10-27(11-8-18)15-22(23,24)25/h16-19H,5-15H2,1-4H3,(H,26,30). The van der Waals surface area contributed by atoms with Crippen LogP contribution in [-0.4, -0.2) is 102 Å². The summed E-state index contributed by atoms with van der Waals surface area (Å²) in [6.07, 6.45) is -0.640. The predicted octanol–water partition coefficient (Wildman–Crippen LogP) is 2.48. The van der Waals surface area contributed by atoms with Crippen molar-refractivity contribution in [1.82, 2.24) is 20.0 Å². The summed E-state index contributed by atoms with van der Waals surface area (Å²) < 4.78 is 43.8. The third-order valence-corrected chi connectivity index (χ3v) is 7.00. The van der Waals surface area contributed by atoms with Crippen LogP contribution in [0.25, 0.3) is 0 Å². The molecule has 0 aromatic carbocycles. The molecule has 0 radical (unpaired) electrons. The Balaban J connectivity index is 1.50. The monoisotopic (exact) mass is 448 g/mol. The van der Waals surface area contributed by atoms with E-state index in [1.807, 2.05) is 0 Å². The number of amides is 1. The Bertz CT molecular complexity index is 598. The zero-order chi connectivity index (χ0) is 22.8. The van der Waals surface area contributed by atoms with Gasteiger partial charge in [0.15, 0.2) is 0 Å². The van der Waals surface area contributed by atoms with Crippen molar-refractivity contribution in [2.45, 2.75) is 89.4 Å². The normalized spacial score (nSPS) is 30.6. The van der Waals surface area contributed by atoms with Crippen LogP contribution in [-0.2, 0) is 9.53 Å². The van der Waals surface area contributed by atoms with Crippen molar-refractivity contribution in [1.29, 1.82) is 0 Å². The highest BCUT2D eigenvalue weighted by Gasteiger charge is 2.40. The smallest absolute Gasteiger partial charge is 0.373 e. The molecule has 31 heavy (non-hydrogen) atoms. The van der Waals surface area contributed by atoms with E-state index in [0.29, 0.717) is 32.5 Å². The molecule has 0 aliphatic carbocycles. The van der Waals surface area contributed by atoms with E-state index in [1.54, 1.807) is 0 Å². The van der Waals surface area contributed by atoms with Crippen LogP contribution in [0.1, 0.15) is 53.4 Å². The first-order valence-electron chi connectivity index (χ1n) is 11.7. The Kier molecular flexibility index (Phi) is 7.92. The first kappa shape index (κ1) is 24.7. The third kappa shape index (κ3) is 6.79. The molecule has 0 aromatic heterocycles. The topological polar surface area (TPSA) is 48.1 Å². The van der Waals surface area contributed by atoms with Crippen LogP contribution in [0.15, 0.2) is 0 Å². The summed E-state index contributed by atoms with van der Waals surface area (Å²) in [6, 6.07) is 0.0224. The number of morpholine rings is 1. The molecule has 3 heterocycles. The van der Waals surface area contributed by atoms with Crippen molar-refractivity contribution >= 4 is 5.91 Å². The number of ether oxygens (including phenoxy) is 1. The van der Waals surface area contributed by atoms with E-state index in [4.69, 9.17) is 4.74 Å². The molecule has 3 saturated heterocycles. The van der Waals surface area contributed by atoms with E-state index < -0.39 is 12.7 Å². The Morgan fingerprint density at radius 3 is 2.23 bits per heavy atom. The lowest BCUT2D eigenvalue weighted by Gasteiger charge is -2.45. The largest absolute Gasteiger partial charge is 0.401 e. The van der Waals surface area contributed by atoms with Crippen molar-refractivity contribution < 1.29 is 22.7 Å². The number of carbonyl (C=O) groups excluding carboxylic acids is 1. The first-order chi connectivity index (χ1) is 14.4. The van der Waals surface area contributed by atoms with Gasteiger partial charge < -0.3 is 10.1 Å². The third-order valence-electron chi connectivity index (χ3n) is 7.00. The SMILES string of the molecule is CC1CN(C(C)(C)CNC(=O)C2CCCN2C2CCN(CC(F)(F)F)CC2)CC(C)O1. The molecule has 6 nitrogen and oxygen atoms in total. The minimum atomic E-state index is -4.15. The minimum absolute atomic E-state index is 0.0534. The molecule has 3 aliphatic heterocycles. The second kappa shape index (κ2) is 9.93. The van der Waals surface area contributed by atoms with Crippen molar-refractivity contribution in [3.8, 4) is 0 Å². The van der Waals surface area contributed by atoms with Crippen LogP contribution < -0.4 is 5.32 Å². The number of carbonyl (C=O) groups is 1. The maximum Gasteiger partial charge on any atom is 0.401 e. The van der Waals surface area contributed by atoms with Gasteiger partial charge in [-0.05, 0) is 73.0 Å². The van der Waals surface area contributed by atoms with Gasteiger partial charge in [0.2, 0.25) is 5.91 Å². The highest BCUT2D eigenvalue weighted by atomic mass is 19.4. The van der Waals surface area contributed by atoms with E-state index in [1.165, 1.54) is 4.90 Å². The van der Waals surface area contributed by atoms with Crippen LogP contribution in [0.5, 0.6) is 0 Å². The number of halogens is 3. The van der Waals surface area contributed by atoms with Crippen LogP contribution in [0.4, 0.5) is 13.2 Å². The van der Waals surface area contributed by atoms with Gasteiger partial charge in [0, 0.05) is 31.2 Å². The number of hydrogen-bond acceptors (Lipinski definition) is 5. The summed E-state index contributed by atoms with van der Waals surface area (Å²) in [6.45, 7) is 11.6. The lowest BCUT2D eigenvalue weighted by Crippen LogP contribution is -2.60. The highest BCUT2D eigenvalue weighted by Crippen LogP contribution is 2.28. The molecule has 0 saturated carbocycles. The lowest BCUT2D eigenvalue weighted by molar-refractivity contribution is -0.149. The van der Waals surface area contributed by atoms with Gasteiger partial charge in [-0.1, -0.05) is 0 Å². The maximum atomic E-state index is 13.1. The van der Waals surface area contributed by atoms with Gasteiger partial charge in [-0.2, -0.15) is 13.2 Å². The molecule has 1 amide bonds. The van der Waals surface area contributed by atoms with E-state index >= 15 is 0 Å². The fourth-order valence-electron chi connectivity index (χ4n) is 5.38. The van der Waals surface area contributed by atoms with Crippen LogP contribution in [0.3, 0.4) is 0 Å². The molecule has 1 N–H and O–H groups in total. The van der Waals surface area contributed by atoms with E-state index in [2.05, 4.69) is 42.8 Å². The van der Waals surface area contributed by atoms with Crippen molar-refractivity contribution in [2.24, 2.45) is 0 Å². The summed E-state index contributed by atoms with van der Waals surface area (Å²) in [7, 11) is 0. The number of hydrogen-bond donors (Lipinski definition) is 1. The molecular formula is C22H39F3N4O2. The van der Waals surface area contributed by atoms with Crippen LogP contribution >= 0.6 is 0 Å². The quantitative estimate of drug-likeness (QED) is 0.677. The predicted molar refractivity (Wildman–Crippen MR) is 114 cm³/mol. The fourth-order valence-corrected chi connectivity index (χ4v) is 5.38. The molecule has 0 bridgehead atoms. The zero-order valence-electron chi connectivity index (χ0n) is 19.4. The van der Waals surface area contributed by atoms with Gasteiger partial charge >= 0.3 is 6.18 Å². The lowest BCUT2D eigenvalue weighted by atomic mass is 9.99. The second-order valence-corrected chi connectivity index (χ2v) is 10.2. The van der Waals surface area contributed by atoms with E-state index in [-0.39, 0.29) is 35.7 Å². The molecule has 3 atom stereocenters. The molecule has 0 aromatic rings. The Labute approximate surface area is 184 Å². The van der Waals surface area contributed by atoms with Crippen LogP contribution in [0.2, 0.25) is 0 Å². The number of alkyl halides is 3. The number of rotatable bonds is 6. The molecule has 3 unspecified atom stereocenters. The Hall–Kier alpha value is -0.900. The average Bonchev–Trinajstić information content (AvgIpc) is 3.14. The van der Waals surface area contributed by atoms with Crippen LogP contribution in [0, 0.1) is 0 Å². The summed E-state index contributed by atoms with van der Waals surface area (Å²) in [4.78, 5) is 19.2. The molecule has 3 aliphatic rings. The summed E-state index contributed by atoms with van der Waals surface area (Å²) >= 11 is 0. The summed E-state index contributed by atoms with van der Waals surface area (Å²) in [5, 5.41) is 3.18. The second-order valence-electron chi connectivity index (χ2n) is 10.2. The van der Waals surface area contributed by atoms with Gasteiger partial charge in [0.05, 0.1) is 24.8 Å². The van der Waals surface area contributed by atoms with E-state index in [0.717, 1.165) is 32.5 Å². The van der Waals surface area contributed by atoms with E-state index in [9.17, 15) is 18.0 Å². The van der Waals surface area contributed by atoms with Gasteiger partial charge in [-0.25, -0.2) is 0 Å². The molecule has 3 fully saturated rings. The van der Waals surface area contributed by atoms with Gasteiger partial charge in [-0.3, -0.25) is 19.5 Å². The van der Waals surface area contributed by atoms with Crippen molar-refractivity contribution in [2.75, 3.05) is 45.8 Å². The minimum Gasteiger partial charge on any atom is -0.373 e. The number of nitrogens with zero attached hydrogens (tertiary/aromatic N) is 3. The molecule has 0 spiro atoms.